The van der Waals surface area contributed by atoms with Crippen molar-refractivity contribution in [2.24, 2.45) is 0 Å². The van der Waals surface area contributed by atoms with Crippen LogP contribution in [-0.4, -0.2) is 14.7 Å². The zero-order valence-electron chi connectivity index (χ0n) is 6.20. The minimum absolute atomic E-state index is 0.115. The molecule has 1 aromatic rings. The van der Waals surface area contributed by atoms with Gasteiger partial charge >= 0.3 is 10.2 Å². The highest BCUT2D eigenvalue weighted by Crippen LogP contribution is 2.15. The fraction of sp³-hybridized carbons (Fsp3) is 0. The molecule has 0 unspecified atom stereocenters. The third-order valence-electron chi connectivity index (χ3n) is 1.38. The van der Waals surface area contributed by atoms with Crippen molar-refractivity contribution in [1.29, 1.82) is 0 Å². The zero-order valence-corrected chi connectivity index (χ0v) is 7.01. The molecule has 0 aliphatic heterocycles. The van der Waals surface area contributed by atoms with Gasteiger partial charge in [-0.25, -0.2) is 4.39 Å². The number of halogens is 2. The average Bonchev–Trinajstić information content (AvgIpc) is 2.03. The molecule has 1 rings (SSSR count). The fourth-order valence-corrected chi connectivity index (χ4v) is 1.26. The van der Waals surface area contributed by atoms with Gasteiger partial charge in [0.05, 0.1) is 10.5 Å². The number of carbonyl (C=O) groups excluding carboxylic acids is 1. The SMILES string of the molecule is O=Cc1cc(S(=O)(=O)F)ccc1F. The standard InChI is InChI=1S/C7H4F2O3S/c8-7-2-1-6(13(9,11)12)3-5(7)4-10/h1-4H. The van der Waals surface area contributed by atoms with E-state index in [9.17, 15) is 21.5 Å². The van der Waals surface area contributed by atoms with Gasteiger partial charge in [-0.1, -0.05) is 0 Å². The summed E-state index contributed by atoms with van der Waals surface area (Å²) >= 11 is 0. The summed E-state index contributed by atoms with van der Waals surface area (Å²) in [6, 6.07) is 2.10. The first-order valence-electron chi connectivity index (χ1n) is 3.14. The Labute approximate surface area is 73.2 Å². The van der Waals surface area contributed by atoms with Crippen LogP contribution in [0.3, 0.4) is 0 Å². The van der Waals surface area contributed by atoms with Gasteiger partial charge in [-0.3, -0.25) is 4.79 Å². The maximum absolute atomic E-state index is 12.6. The molecule has 0 fully saturated rings. The topological polar surface area (TPSA) is 51.2 Å². The molecule has 0 bridgehead atoms. The summed E-state index contributed by atoms with van der Waals surface area (Å²) in [6.45, 7) is 0. The molecular weight excluding hydrogens is 202 g/mol. The quantitative estimate of drug-likeness (QED) is 0.541. The molecule has 0 saturated carbocycles. The Balaban J connectivity index is 3.38. The number of benzene rings is 1. The zero-order chi connectivity index (χ0) is 10.1. The van der Waals surface area contributed by atoms with E-state index in [1.165, 1.54) is 0 Å². The van der Waals surface area contributed by atoms with E-state index in [0.717, 1.165) is 12.1 Å². The molecule has 0 aliphatic carbocycles. The molecule has 0 radical (unpaired) electrons. The van der Waals surface area contributed by atoms with Crippen molar-refractivity contribution >= 4 is 16.5 Å². The van der Waals surface area contributed by atoms with Crippen molar-refractivity contribution in [3.63, 3.8) is 0 Å². The lowest BCUT2D eigenvalue weighted by Gasteiger charge is -1.96. The normalized spacial score (nSPS) is 11.2. The van der Waals surface area contributed by atoms with Gasteiger partial charge in [0.25, 0.3) is 0 Å². The molecule has 0 amide bonds. The number of aldehydes is 1. The van der Waals surface area contributed by atoms with Crippen LogP contribution in [0.5, 0.6) is 0 Å². The van der Waals surface area contributed by atoms with Gasteiger partial charge < -0.3 is 0 Å². The monoisotopic (exact) mass is 206 g/mol. The van der Waals surface area contributed by atoms with Crippen LogP contribution in [0.2, 0.25) is 0 Å². The summed E-state index contributed by atoms with van der Waals surface area (Å²) in [5.41, 5.74) is -0.487. The second-order valence-corrected chi connectivity index (χ2v) is 3.59. The van der Waals surface area contributed by atoms with Gasteiger partial charge in [0.15, 0.2) is 6.29 Å². The number of carbonyl (C=O) groups is 1. The molecule has 0 spiro atoms. The third-order valence-corrected chi connectivity index (χ3v) is 2.19. The molecule has 0 aromatic heterocycles. The molecule has 0 aliphatic rings. The van der Waals surface area contributed by atoms with Gasteiger partial charge in [-0.15, -0.1) is 3.89 Å². The molecule has 0 atom stereocenters. The smallest absolute Gasteiger partial charge is 0.298 e. The Kier molecular flexibility index (Phi) is 2.42. The largest absolute Gasteiger partial charge is 0.332 e. The number of rotatable bonds is 2. The molecule has 3 nitrogen and oxygen atoms in total. The average molecular weight is 206 g/mol. The summed E-state index contributed by atoms with van der Waals surface area (Å²) in [6.07, 6.45) is 0.115. The van der Waals surface area contributed by atoms with Crippen molar-refractivity contribution in [2.45, 2.75) is 4.90 Å². The predicted octanol–water partition coefficient (Wildman–Crippen LogP) is 1.30. The van der Waals surface area contributed by atoms with Gasteiger partial charge in [0, 0.05) is 0 Å². The molecule has 70 valence electrons. The molecule has 0 saturated heterocycles. The minimum atomic E-state index is -4.88. The highest BCUT2D eigenvalue weighted by molar-refractivity contribution is 7.86. The van der Waals surface area contributed by atoms with E-state index >= 15 is 0 Å². The van der Waals surface area contributed by atoms with Crippen molar-refractivity contribution < 1.29 is 21.5 Å². The summed E-state index contributed by atoms with van der Waals surface area (Å²) in [7, 11) is -4.88. The molecular formula is C7H4F2O3S. The highest BCUT2D eigenvalue weighted by Gasteiger charge is 2.13. The Bertz CT molecular complexity index is 439. The van der Waals surface area contributed by atoms with Crippen LogP contribution in [-0.2, 0) is 10.2 Å². The van der Waals surface area contributed by atoms with Gasteiger partial charge in [0.2, 0.25) is 0 Å². The summed E-state index contributed by atoms with van der Waals surface area (Å²) in [5.74, 6) is -0.887. The second kappa shape index (κ2) is 3.21. The molecule has 13 heavy (non-hydrogen) atoms. The lowest BCUT2D eigenvalue weighted by atomic mass is 10.2. The Morgan fingerprint density at radius 2 is 1.92 bits per heavy atom. The maximum Gasteiger partial charge on any atom is 0.332 e. The highest BCUT2D eigenvalue weighted by atomic mass is 32.3. The van der Waals surface area contributed by atoms with E-state index in [-0.39, 0.29) is 6.29 Å². The van der Waals surface area contributed by atoms with E-state index in [2.05, 4.69) is 0 Å². The number of hydrogen-bond acceptors (Lipinski definition) is 3. The van der Waals surface area contributed by atoms with E-state index < -0.39 is 26.5 Å². The molecule has 0 heterocycles. The van der Waals surface area contributed by atoms with E-state index in [4.69, 9.17) is 0 Å². The third kappa shape index (κ3) is 2.09. The van der Waals surface area contributed by atoms with Crippen molar-refractivity contribution in [3.8, 4) is 0 Å². The van der Waals surface area contributed by atoms with Gasteiger partial charge in [-0.05, 0) is 18.2 Å². The number of hydrogen-bond donors (Lipinski definition) is 0. The van der Waals surface area contributed by atoms with Crippen LogP contribution in [0.4, 0.5) is 8.28 Å². The van der Waals surface area contributed by atoms with Crippen LogP contribution < -0.4 is 0 Å². The second-order valence-electron chi connectivity index (χ2n) is 2.24. The summed E-state index contributed by atoms with van der Waals surface area (Å²) in [4.78, 5) is 9.42. The van der Waals surface area contributed by atoms with Crippen LogP contribution in [0.25, 0.3) is 0 Å². The van der Waals surface area contributed by atoms with E-state index in [1.54, 1.807) is 0 Å². The van der Waals surface area contributed by atoms with Crippen molar-refractivity contribution in [2.75, 3.05) is 0 Å². The molecule has 0 N–H and O–H groups in total. The first-order valence-corrected chi connectivity index (χ1v) is 4.53. The first-order chi connectivity index (χ1) is 5.95. The van der Waals surface area contributed by atoms with Crippen LogP contribution in [0.1, 0.15) is 10.4 Å². The maximum atomic E-state index is 12.6. The summed E-state index contributed by atoms with van der Waals surface area (Å²) < 4.78 is 45.5. The summed E-state index contributed by atoms with van der Waals surface area (Å²) in [5, 5.41) is 0. The van der Waals surface area contributed by atoms with Gasteiger partial charge in [0.1, 0.15) is 5.82 Å². The predicted molar refractivity (Wildman–Crippen MR) is 40.1 cm³/mol. The Hall–Kier alpha value is -1.30. The lowest BCUT2D eigenvalue weighted by molar-refractivity contribution is 0.111. The molecule has 6 heteroatoms. The molecule has 1 aromatic carbocycles. The van der Waals surface area contributed by atoms with Crippen LogP contribution >= 0.6 is 0 Å². The van der Waals surface area contributed by atoms with Crippen LogP contribution in [0, 0.1) is 5.82 Å². The lowest BCUT2D eigenvalue weighted by Crippen LogP contribution is -1.95. The Morgan fingerprint density at radius 3 is 2.38 bits per heavy atom. The van der Waals surface area contributed by atoms with Crippen molar-refractivity contribution in [1.82, 2.24) is 0 Å². The van der Waals surface area contributed by atoms with E-state index in [1.807, 2.05) is 0 Å². The first kappa shape index (κ1) is 9.79. The minimum Gasteiger partial charge on any atom is -0.298 e. The van der Waals surface area contributed by atoms with Crippen molar-refractivity contribution in [3.05, 3.63) is 29.6 Å². The Morgan fingerprint density at radius 1 is 1.31 bits per heavy atom. The van der Waals surface area contributed by atoms with E-state index in [0.29, 0.717) is 6.07 Å². The fourth-order valence-electron chi connectivity index (χ4n) is 0.764. The van der Waals surface area contributed by atoms with Gasteiger partial charge in [-0.2, -0.15) is 8.42 Å². The van der Waals surface area contributed by atoms with Crippen LogP contribution in [0.15, 0.2) is 23.1 Å².